The number of halogens is 1. The van der Waals surface area contributed by atoms with Gasteiger partial charge in [0.05, 0.1) is 13.5 Å². The smallest absolute Gasteiger partial charge is 0.306 e. The van der Waals surface area contributed by atoms with Gasteiger partial charge in [0, 0.05) is 0 Å². The van der Waals surface area contributed by atoms with Crippen LogP contribution in [0.25, 0.3) is 0 Å². The lowest BCUT2D eigenvalue weighted by Crippen LogP contribution is -2.23. The molecule has 0 amide bonds. The van der Waals surface area contributed by atoms with E-state index in [2.05, 4.69) is 16.6 Å². The molecule has 2 atom stereocenters. The van der Waals surface area contributed by atoms with Crippen molar-refractivity contribution < 1.29 is 28.9 Å². The Morgan fingerprint density at radius 3 is 2.57 bits per heavy atom. The molecule has 0 heterocycles. The summed E-state index contributed by atoms with van der Waals surface area (Å²) in [6.45, 7) is 3.77. The minimum atomic E-state index is -0.858. The van der Waals surface area contributed by atoms with E-state index in [9.17, 15) is 19.4 Å². The molecular weight excluding hydrogens is 363 g/mol. The maximum Gasteiger partial charge on any atom is 0.306 e. The number of ether oxygens (including phenoxy) is 2. The molecule has 1 rings (SSSR count). The third-order valence-electron chi connectivity index (χ3n) is 3.70. The zero-order valence-corrected chi connectivity index (χ0v) is 16.4. The van der Waals surface area contributed by atoms with E-state index in [1.165, 1.54) is 37.5 Å². The number of rotatable bonds is 9. The molecule has 1 aromatic rings. The van der Waals surface area contributed by atoms with Gasteiger partial charge in [0.2, 0.25) is 0 Å². The zero-order valence-electron chi connectivity index (χ0n) is 16.4. The van der Waals surface area contributed by atoms with Crippen LogP contribution < -0.4 is 4.74 Å². The molecule has 0 bridgehead atoms. The molecule has 6 heteroatoms. The molecule has 152 valence electrons. The van der Waals surface area contributed by atoms with Crippen molar-refractivity contribution in [1.82, 2.24) is 0 Å². The fourth-order valence-electron chi connectivity index (χ4n) is 2.32. The number of carbonyl (C=O) groups is 1. The van der Waals surface area contributed by atoms with Crippen LogP contribution in [-0.4, -0.2) is 42.1 Å². The Labute approximate surface area is 165 Å². The van der Waals surface area contributed by atoms with Crippen molar-refractivity contribution in [1.29, 1.82) is 0 Å². The van der Waals surface area contributed by atoms with Gasteiger partial charge in [0.25, 0.3) is 0 Å². The van der Waals surface area contributed by atoms with Crippen molar-refractivity contribution in [2.45, 2.75) is 38.9 Å². The van der Waals surface area contributed by atoms with Gasteiger partial charge in [0.15, 0.2) is 0 Å². The van der Waals surface area contributed by atoms with E-state index < -0.39 is 17.6 Å². The van der Waals surface area contributed by atoms with E-state index in [1.54, 1.807) is 18.2 Å². The molecule has 0 spiro atoms. The Kier molecular flexibility index (Phi) is 10.0. The minimum Gasteiger partial charge on any atom is -0.491 e. The van der Waals surface area contributed by atoms with Crippen molar-refractivity contribution in [2.75, 3.05) is 13.7 Å². The van der Waals surface area contributed by atoms with Gasteiger partial charge in [-0.2, -0.15) is 0 Å². The molecule has 0 aliphatic heterocycles. The minimum absolute atomic E-state index is 0.0373. The second kappa shape index (κ2) is 12.0. The second-order valence-corrected chi connectivity index (χ2v) is 7.00. The molecule has 2 unspecified atom stereocenters. The number of benzene rings is 1. The molecule has 0 saturated carbocycles. The van der Waals surface area contributed by atoms with Crippen LogP contribution in [-0.2, 0) is 9.53 Å². The van der Waals surface area contributed by atoms with Gasteiger partial charge in [-0.3, -0.25) is 4.79 Å². The maximum atomic E-state index is 12.8. The van der Waals surface area contributed by atoms with E-state index in [1.807, 2.05) is 13.8 Å². The molecule has 0 fully saturated rings. The Morgan fingerprint density at radius 1 is 1.25 bits per heavy atom. The number of hydrogen-bond donors (Lipinski definition) is 2. The largest absolute Gasteiger partial charge is 0.491 e. The van der Waals surface area contributed by atoms with Crippen LogP contribution in [0.3, 0.4) is 0 Å². The summed E-state index contributed by atoms with van der Waals surface area (Å²) in [4.78, 5) is 11.3. The summed E-state index contributed by atoms with van der Waals surface area (Å²) in [5.74, 6) is 5.20. The van der Waals surface area contributed by atoms with Crippen LogP contribution in [0.15, 0.2) is 48.6 Å². The Morgan fingerprint density at radius 2 is 1.93 bits per heavy atom. The number of hydrogen-bond acceptors (Lipinski definition) is 5. The highest BCUT2D eigenvalue weighted by molar-refractivity contribution is 5.69. The van der Waals surface area contributed by atoms with Crippen molar-refractivity contribution >= 4 is 5.97 Å². The van der Waals surface area contributed by atoms with Crippen molar-refractivity contribution in [3.63, 3.8) is 0 Å². The van der Waals surface area contributed by atoms with E-state index in [0.717, 1.165) is 0 Å². The monoisotopic (exact) mass is 390 g/mol. The van der Waals surface area contributed by atoms with Gasteiger partial charge in [-0.25, -0.2) is 4.39 Å². The van der Waals surface area contributed by atoms with Crippen LogP contribution in [0.5, 0.6) is 5.75 Å². The van der Waals surface area contributed by atoms with Gasteiger partial charge in [-0.05, 0) is 42.2 Å². The van der Waals surface area contributed by atoms with E-state index in [4.69, 9.17) is 4.74 Å². The highest BCUT2D eigenvalue weighted by atomic mass is 19.1. The Balaban J connectivity index is 2.36. The van der Waals surface area contributed by atoms with Gasteiger partial charge < -0.3 is 19.7 Å². The summed E-state index contributed by atoms with van der Waals surface area (Å²) in [5, 5.41) is 19.7. The molecule has 0 saturated heterocycles. The lowest BCUT2D eigenvalue weighted by atomic mass is 9.83. The van der Waals surface area contributed by atoms with Crippen LogP contribution >= 0.6 is 0 Å². The third kappa shape index (κ3) is 10.5. The van der Waals surface area contributed by atoms with Crippen LogP contribution in [0.1, 0.15) is 26.7 Å². The lowest BCUT2D eigenvalue weighted by Gasteiger charge is -2.23. The predicted molar refractivity (Wildman–Crippen MR) is 105 cm³/mol. The zero-order chi connectivity index (χ0) is 21.0. The van der Waals surface area contributed by atoms with Crippen molar-refractivity contribution in [2.24, 2.45) is 5.41 Å². The lowest BCUT2D eigenvalue weighted by molar-refractivity contribution is -0.143. The quantitative estimate of drug-likeness (QED) is 0.385. The van der Waals surface area contributed by atoms with Crippen LogP contribution in [0.4, 0.5) is 4.39 Å². The summed E-state index contributed by atoms with van der Waals surface area (Å²) in [5.41, 5.74) is -0.417. The normalized spacial score (nSPS) is 13.8. The number of esters is 1. The summed E-state index contributed by atoms with van der Waals surface area (Å²) >= 11 is 0. The molecule has 0 aromatic heterocycles. The maximum absolute atomic E-state index is 12.8. The van der Waals surface area contributed by atoms with Crippen LogP contribution in [0, 0.1) is 23.1 Å². The summed E-state index contributed by atoms with van der Waals surface area (Å²) in [6, 6.07) is 5.53. The fourth-order valence-corrected chi connectivity index (χ4v) is 2.32. The summed E-state index contributed by atoms with van der Waals surface area (Å²) in [6.07, 6.45) is 5.17. The van der Waals surface area contributed by atoms with Gasteiger partial charge in [-0.15, -0.1) is 0 Å². The van der Waals surface area contributed by atoms with Gasteiger partial charge in [-0.1, -0.05) is 43.9 Å². The standard InChI is InChI=1S/C22H27FO5/c1-22(2,15-21(26)27-3)14-18(24)8-6-4-5-7-9-19(25)16-28-20-12-10-17(23)11-13-20/h4-5,7,9-13,18-19,24-25H,14-16H2,1-3H3/b5-4+,9-7+. The third-order valence-corrected chi connectivity index (χ3v) is 3.70. The molecule has 1 aromatic carbocycles. The summed E-state index contributed by atoms with van der Waals surface area (Å²) < 4.78 is 22.7. The average Bonchev–Trinajstić information content (AvgIpc) is 2.63. The number of methoxy groups -OCH3 is 1. The van der Waals surface area contributed by atoms with Gasteiger partial charge >= 0.3 is 5.97 Å². The number of carbonyl (C=O) groups excluding carboxylic acids is 1. The molecule has 2 N–H and O–H groups in total. The van der Waals surface area contributed by atoms with Crippen molar-refractivity contribution in [3.8, 4) is 17.6 Å². The van der Waals surface area contributed by atoms with E-state index in [0.29, 0.717) is 12.2 Å². The first-order valence-electron chi connectivity index (χ1n) is 8.87. The predicted octanol–water partition coefficient (Wildman–Crippen LogP) is 3.02. The molecule has 0 aliphatic rings. The topological polar surface area (TPSA) is 76.0 Å². The second-order valence-electron chi connectivity index (χ2n) is 7.00. The SMILES string of the molecule is COC(=O)CC(C)(C)CC(O)C#C/C=C/C=C/C(O)COc1ccc(F)cc1. The van der Waals surface area contributed by atoms with E-state index >= 15 is 0 Å². The van der Waals surface area contributed by atoms with Gasteiger partial charge in [0.1, 0.15) is 30.4 Å². The highest BCUT2D eigenvalue weighted by Gasteiger charge is 2.25. The fraction of sp³-hybridized carbons (Fsp3) is 0.409. The molecule has 28 heavy (non-hydrogen) atoms. The number of allylic oxidation sites excluding steroid dienone is 3. The first kappa shape index (κ1) is 23.4. The van der Waals surface area contributed by atoms with E-state index in [-0.39, 0.29) is 24.8 Å². The first-order valence-corrected chi connectivity index (χ1v) is 8.87. The molecule has 0 aliphatic carbocycles. The number of aliphatic hydroxyl groups excluding tert-OH is 2. The first-order chi connectivity index (χ1) is 13.2. The van der Waals surface area contributed by atoms with Crippen molar-refractivity contribution in [3.05, 3.63) is 54.4 Å². The highest BCUT2D eigenvalue weighted by Crippen LogP contribution is 2.27. The molecule has 0 radical (unpaired) electrons. The Bertz CT molecular complexity index is 726. The number of aliphatic hydroxyl groups is 2. The Hall–Kier alpha value is -2.62. The molecular formula is C22H27FO5. The van der Waals surface area contributed by atoms with Crippen LogP contribution in [0.2, 0.25) is 0 Å². The summed E-state index contributed by atoms with van der Waals surface area (Å²) in [7, 11) is 1.33. The molecule has 5 nitrogen and oxygen atoms in total. The average molecular weight is 390 g/mol.